The summed E-state index contributed by atoms with van der Waals surface area (Å²) in [5, 5.41) is 15.0. The molecule has 0 spiro atoms. The van der Waals surface area contributed by atoms with E-state index in [-0.39, 0.29) is 18.3 Å². The van der Waals surface area contributed by atoms with Gasteiger partial charge in [-0.15, -0.1) is 0 Å². The number of benzene rings is 2. The average molecular weight is 484 g/mol. The van der Waals surface area contributed by atoms with Gasteiger partial charge in [-0.25, -0.2) is 5.48 Å². The number of carbonyl (C=O) groups is 3. The van der Waals surface area contributed by atoms with Crippen LogP contribution in [0, 0.1) is 5.92 Å². The van der Waals surface area contributed by atoms with Gasteiger partial charge in [0.15, 0.2) is 12.2 Å². The minimum absolute atomic E-state index is 0.160. The number of rotatable bonds is 13. The zero-order chi connectivity index (χ0) is 25.2. The van der Waals surface area contributed by atoms with Gasteiger partial charge < -0.3 is 20.5 Å². The van der Waals surface area contributed by atoms with Crippen molar-refractivity contribution in [3.8, 4) is 5.75 Å². The number of aryl methyl sites for hydroxylation is 1. The first-order valence-corrected chi connectivity index (χ1v) is 11.8. The summed E-state index contributed by atoms with van der Waals surface area (Å²) in [7, 11) is 0. The van der Waals surface area contributed by atoms with Crippen LogP contribution < -0.4 is 16.1 Å². The highest BCUT2D eigenvalue weighted by atomic mass is 16.7. The van der Waals surface area contributed by atoms with Crippen LogP contribution in [0.25, 0.3) is 0 Å². The number of phenols is 1. The first-order valence-electron chi connectivity index (χ1n) is 11.8. The Kier molecular flexibility index (Phi) is 9.63. The Hall–Kier alpha value is -3.43. The fraction of sp³-hybridized carbons (Fsp3) is 0.423. The summed E-state index contributed by atoms with van der Waals surface area (Å²) in [6, 6.07) is 15.2. The number of hydrogen-bond acceptors (Lipinski definition) is 6. The SMILES string of the molecule is CC(C)CCNC(=O)[C@@H](CCc1ccc(O)cc1)NC(=O)[C@@H]1O[C@H]1C(=O)NOCc1ccccc1. The number of phenolic OH excluding ortho intramolecular Hbond substituents is 1. The van der Waals surface area contributed by atoms with Crippen LogP contribution in [-0.4, -0.2) is 47.6 Å². The van der Waals surface area contributed by atoms with Gasteiger partial charge in [0.1, 0.15) is 11.8 Å². The molecule has 1 aliphatic rings. The van der Waals surface area contributed by atoms with Crippen molar-refractivity contribution in [3.05, 3.63) is 65.7 Å². The van der Waals surface area contributed by atoms with E-state index in [1.54, 1.807) is 24.3 Å². The minimum atomic E-state index is -0.977. The highest BCUT2D eigenvalue weighted by molar-refractivity contribution is 5.96. The lowest BCUT2D eigenvalue weighted by Gasteiger charge is -2.18. The number of epoxide rings is 1. The van der Waals surface area contributed by atoms with Crippen molar-refractivity contribution in [2.45, 2.75) is 58.0 Å². The molecule has 0 saturated carbocycles. The lowest BCUT2D eigenvalue weighted by molar-refractivity contribution is -0.136. The van der Waals surface area contributed by atoms with E-state index in [1.807, 2.05) is 30.3 Å². The standard InChI is InChI=1S/C26H33N3O6/c1-17(2)14-15-27-24(31)21(13-10-18-8-11-20(30)12-9-18)28-25(32)22-23(35-22)26(33)29-34-16-19-6-4-3-5-7-19/h3-9,11-12,17,21-23,30H,10,13-16H2,1-2H3,(H,27,31)(H,28,32)(H,29,33)/t21-,22-,23-/m1/s1. The number of nitrogens with one attached hydrogen (secondary N) is 3. The molecule has 4 N–H and O–H groups in total. The molecule has 0 aromatic heterocycles. The third kappa shape index (κ3) is 8.70. The zero-order valence-corrected chi connectivity index (χ0v) is 20.0. The Morgan fingerprint density at radius 1 is 0.943 bits per heavy atom. The highest BCUT2D eigenvalue weighted by Crippen LogP contribution is 2.23. The molecule has 0 radical (unpaired) electrons. The molecule has 188 valence electrons. The Morgan fingerprint density at radius 2 is 1.63 bits per heavy atom. The van der Waals surface area contributed by atoms with E-state index in [2.05, 4.69) is 30.0 Å². The highest BCUT2D eigenvalue weighted by Gasteiger charge is 2.51. The third-order valence-corrected chi connectivity index (χ3v) is 5.57. The van der Waals surface area contributed by atoms with Crippen molar-refractivity contribution < 1.29 is 29.1 Å². The van der Waals surface area contributed by atoms with Gasteiger partial charge in [0.05, 0.1) is 6.61 Å². The second-order valence-electron chi connectivity index (χ2n) is 8.96. The molecule has 1 fully saturated rings. The average Bonchev–Trinajstić information content (AvgIpc) is 3.64. The summed E-state index contributed by atoms with van der Waals surface area (Å²) >= 11 is 0. The van der Waals surface area contributed by atoms with E-state index in [0.29, 0.717) is 25.3 Å². The van der Waals surface area contributed by atoms with E-state index in [0.717, 1.165) is 17.5 Å². The lowest BCUT2D eigenvalue weighted by Crippen LogP contribution is -2.49. The monoisotopic (exact) mass is 483 g/mol. The molecule has 1 heterocycles. The van der Waals surface area contributed by atoms with E-state index in [4.69, 9.17) is 9.57 Å². The molecule has 2 aromatic carbocycles. The molecule has 3 amide bonds. The summed E-state index contributed by atoms with van der Waals surface area (Å²) in [5.74, 6) is -0.770. The van der Waals surface area contributed by atoms with Crippen LogP contribution in [0.2, 0.25) is 0 Å². The first-order chi connectivity index (χ1) is 16.8. The second kappa shape index (κ2) is 12.9. The maximum atomic E-state index is 12.8. The van der Waals surface area contributed by atoms with Crippen LogP contribution in [0.15, 0.2) is 54.6 Å². The van der Waals surface area contributed by atoms with E-state index >= 15 is 0 Å². The van der Waals surface area contributed by atoms with Gasteiger partial charge in [-0.05, 0) is 48.4 Å². The van der Waals surface area contributed by atoms with Gasteiger partial charge in [0, 0.05) is 6.54 Å². The number of hydroxylamine groups is 1. The molecular formula is C26H33N3O6. The fourth-order valence-electron chi connectivity index (χ4n) is 3.44. The van der Waals surface area contributed by atoms with Gasteiger partial charge in [-0.1, -0.05) is 56.3 Å². The predicted molar refractivity (Wildman–Crippen MR) is 129 cm³/mol. The van der Waals surface area contributed by atoms with Gasteiger partial charge in [-0.2, -0.15) is 0 Å². The molecule has 2 aromatic rings. The Balaban J connectivity index is 1.49. The molecule has 35 heavy (non-hydrogen) atoms. The molecule has 9 heteroatoms. The maximum absolute atomic E-state index is 12.8. The third-order valence-electron chi connectivity index (χ3n) is 5.57. The van der Waals surface area contributed by atoms with Crippen molar-refractivity contribution in [3.63, 3.8) is 0 Å². The van der Waals surface area contributed by atoms with Crippen molar-refractivity contribution in [1.29, 1.82) is 0 Å². The number of hydrogen-bond donors (Lipinski definition) is 4. The largest absolute Gasteiger partial charge is 0.508 e. The number of carbonyl (C=O) groups excluding carboxylic acids is 3. The molecule has 0 bridgehead atoms. The molecule has 9 nitrogen and oxygen atoms in total. The predicted octanol–water partition coefficient (Wildman–Crippen LogP) is 1.99. The minimum Gasteiger partial charge on any atom is -0.508 e. The fourth-order valence-corrected chi connectivity index (χ4v) is 3.44. The first kappa shape index (κ1) is 26.2. The van der Waals surface area contributed by atoms with Gasteiger partial charge in [0.25, 0.3) is 11.8 Å². The zero-order valence-electron chi connectivity index (χ0n) is 20.0. The van der Waals surface area contributed by atoms with Crippen molar-refractivity contribution in [1.82, 2.24) is 16.1 Å². The second-order valence-corrected chi connectivity index (χ2v) is 8.96. The van der Waals surface area contributed by atoms with Crippen molar-refractivity contribution in [2.24, 2.45) is 5.92 Å². The van der Waals surface area contributed by atoms with Crippen LogP contribution in [-0.2, 0) is 37.0 Å². The topological polar surface area (TPSA) is 129 Å². The van der Waals surface area contributed by atoms with Crippen LogP contribution >= 0.6 is 0 Å². The molecule has 0 unspecified atom stereocenters. The quantitative estimate of drug-likeness (QED) is 0.255. The van der Waals surface area contributed by atoms with Gasteiger partial charge in [0.2, 0.25) is 5.91 Å². The van der Waals surface area contributed by atoms with Crippen molar-refractivity contribution >= 4 is 17.7 Å². The Bertz CT molecular complexity index is 980. The maximum Gasteiger partial charge on any atom is 0.275 e. The summed E-state index contributed by atoms with van der Waals surface area (Å²) < 4.78 is 5.25. The molecule has 3 atom stereocenters. The smallest absolute Gasteiger partial charge is 0.275 e. The van der Waals surface area contributed by atoms with E-state index in [1.165, 1.54) is 0 Å². The molecule has 3 rings (SSSR count). The molecule has 1 saturated heterocycles. The van der Waals surface area contributed by atoms with E-state index < -0.39 is 30.1 Å². The van der Waals surface area contributed by atoms with Crippen LogP contribution in [0.5, 0.6) is 5.75 Å². The molecule has 1 aliphatic heterocycles. The Morgan fingerprint density at radius 3 is 2.31 bits per heavy atom. The van der Waals surface area contributed by atoms with E-state index in [9.17, 15) is 19.5 Å². The normalized spacial score (nSPS) is 17.5. The lowest BCUT2D eigenvalue weighted by atomic mass is 10.0. The summed E-state index contributed by atoms with van der Waals surface area (Å²) in [6.45, 7) is 4.82. The van der Waals surface area contributed by atoms with Crippen LogP contribution in [0.1, 0.15) is 37.8 Å². The molecule has 0 aliphatic carbocycles. The van der Waals surface area contributed by atoms with Gasteiger partial charge >= 0.3 is 0 Å². The van der Waals surface area contributed by atoms with Crippen LogP contribution in [0.4, 0.5) is 0 Å². The summed E-state index contributed by atoms with van der Waals surface area (Å²) in [5.41, 5.74) is 4.11. The van der Waals surface area contributed by atoms with Crippen molar-refractivity contribution in [2.75, 3.05) is 6.54 Å². The number of ether oxygens (including phenoxy) is 1. The Labute approximate surface area is 205 Å². The van der Waals surface area contributed by atoms with Crippen LogP contribution in [0.3, 0.4) is 0 Å². The number of aromatic hydroxyl groups is 1. The molecular weight excluding hydrogens is 450 g/mol. The number of amides is 3. The summed E-state index contributed by atoms with van der Waals surface area (Å²) in [6.07, 6.45) is -0.247. The summed E-state index contributed by atoms with van der Waals surface area (Å²) in [4.78, 5) is 42.9. The van der Waals surface area contributed by atoms with Gasteiger partial charge in [-0.3, -0.25) is 19.2 Å².